The Balaban J connectivity index is 2.43. The largest absolute Gasteiger partial charge is 0.494 e. The molecule has 1 aromatic heterocycles. The summed E-state index contributed by atoms with van der Waals surface area (Å²) in [6.45, 7) is 2.05. The predicted octanol–water partition coefficient (Wildman–Crippen LogP) is 2.76. The minimum Gasteiger partial charge on any atom is -0.494 e. The number of para-hydroxylation sites is 1. The molecule has 1 aromatic carbocycles. The number of nitrogens with zero attached hydrogens (tertiary/aromatic N) is 2. The van der Waals surface area contributed by atoms with Crippen LogP contribution in [0.15, 0.2) is 28.6 Å². The molecule has 0 aliphatic carbocycles. The lowest BCUT2D eigenvalue weighted by atomic mass is 10.2. The summed E-state index contributed by atoms with van der Waals surface area (Å²) < 4.78 is 10.6. The van der Waals surface area contributed by atoms with Gasteiger partial charge in [0.2, 0.25) is 0 Å². The van der Waals surface area contributed by atoms with Gasteiger partial charge in [-0.05, 0) is 18.6 Å². The maximum absolute atomic E-state index is 6.03. The highest BCUT2D eigenvalue weighted by molar-refractivity contribution is 7.11. The van der Waals surface area contributed by atoms with Crippen molar-refractivity contribution in [2.24, 2.45) is 10.7 Å². The molecular formula is C14H17N3O2S. The maximum atomic E-state index is 6.03. The Morgan fingerprint density at radius 1 is 1.30 bits per heavy atom. The van der Waals surface area contributed by atoms with E-state index in [2.05, 4.69) is 16.9 Å². The van der Waals surface area contributed by atoms with Crippen LogP contribution in [0.5, 0.6) is 11.5 Å². The van der Waals surface area contributed by atoms with E-state index in [1.54, 1.807) is 14.2 Å². The number of hydrogen-bond acceptors (Lipinski definition) is 5. The van der Waals surface area contributed by atoms with E-state index in [-0.39, 0.29) is 0 Å². The van der Waals surface area contributed by atoms with Gasteiger partial charge in [0.25, 0.3) is 0 Å². The van der Waals surface area contributed by atoms with E-state index in [1.807, 2.05) is 23.6 Å². The van der Waals surface area contributed by atoms with E-state index < -0.39 is 0 Å². The van der Waals surface area contributed by atoms with Gasteiger partial charge < -0.3 is 15.2 Å². The number of amidine groups is 1. The van der Waals surface area contributed by atoms with E-state index in [0.29, 0.717) is 28.0 Å². The Morgan fingerprint density at radius 3 is 2.45 bits per heavy atom. The first-order valence-corrected chi connectivity index (χ1v) is 7.07. The first-order valence-electron chi connectivity index (χ1n) is 6.19. The third-order valence-electron chi connectivity index (χ3n) is 2.77. The zero-order valence-corrected chi connectivity index (χ0v) is 12.5. The third-order valence-corrected chi connectivity index (χ3v) is 3.68. The first-order chi connectivity index (χ1) is 9.69. The molecule has 106 valence electrons. The van der Waals surface area contributed by atoms with Crippen LogP contribution in [0, 0.1) is 0 Å². The molecule has 6 heteroatoms. The molecule has 1 heterocycles. The van der Waals surface area contributed by atoms with E-state index >= 15 is 0 Å². The van der Waals surface area contributed by atoms with E-state index in [9.17, 15) is 0 Å². The number of hydrogen-bond donors (Lipinski definition) is 1. The van der Waals surface area contributed by atoms with Crippen molar-refractivity contribution in [2.45, 2.75) is 13.3 Å². The van der Waals surface area contributed by atoms with Crippen molar-refractivity contribution < 1.29 is 9.47 Å². The quantitative estimate of drug-likeness (QED) is 0.679. The second kappa shape index (κ2) is 6.38. The molecule has 2 N–H and O–H groups in total. The number of benzene rings is 1. The lowest BCUT2D eigenvalue weighted by molar-refractivity contribution is 0.397. The number of ether oxygens (including phenoxy) is 2. The zero-order chi connectivity index (χ0) is 14.5. The van der Waals surface area contributed by atoms with Crippen LogP contribution in [0.1, 0.15) is 17.6 Å². The zero-order valence-electron chi connectivity index (χ0n) is 11.7. The van der Waals surface area contributed by atoms with E-state index in [0.717, 1.165) is 12.1 Å². The standard InChI is InChI=1S/C14H17N3O2S/c1-4-9-8-20-14(16-9)13(15)17-12-10(18-2)6-5-7-11(12)19-3/h5-8H,4H2,1-3H3,(H2,15,17). The molecule has 0 aliphatic rings. The maximum Gasteiger partial charge on any atom is 0.160 e. The van der Waals surface area contributed by atoms with Gasteiger partial charge in [-0.3, -0.25) is 0 Å². The monoisotopic (exact) mass is 291 g/mol. The van der Waals surface area contributed by atoms with Gasteiger partial charge in [0.15, 0.2) is 10.8 Å². The highest BCUT2D eigenvalue weighted by Crippen LogP contribution is 2.37. The van der Waals surface area contributed by atoms with Crippen molar-refractivity contribution in [3.05, 3.63) is 34.3 Å². The number of nitrogens with two attached hydrogens (primary N) is 1. The molecule has 0 saturated heterocycles. The molecule has 0 fully saturated rings. The van der Waals surface area contributed by atoms with Crippen LogP contribution < -0.4 is 15.2 Å². The SMILES string of the molecule is CCc1csc(C(N)=Nc2c(OC)cccc2OC)n1. The Labute approximate surface area is 122 Å². The second-order valence-electron chi connectivity index (χ2n) is 4.01. The summed E-state index contributed by atoms with van der Waals surface area (Å²) in [6.07, 6.45) is 0.877. The molecule has 0 spiro atoms. The summed E-state index contributed by atoms with van der Waals surface area (Å²) in [5.41, 5.74) is 7.61. The minimum atomic E-state index is 0.359. The first kappa shape index (κ1) is 14.3. The molecule has 0 saturated carbocycles. The molecular weight excluding hydrogens is 274 g/mol. The lowest BCUT2D eigenvalue weighted by Gasteiger charge is -2.09. The van der Waals surface area contributed by atoms with Crippen molar-refractivity contribution in [2.75, 3.05) is 14.2 Å². The highest BCUT2D eigenvalue weighted by atomic mass is 32.1. The Bertz CT molecular complexity index is 600. The number of rotatable bonds is 5. The Hall–Kier alpha value is -2.08. The van der Waals surface area contributed by atoms with Crippen LogP contribution in [-0.4, -0.2) is 25.0 Å². The van der Waals surface area contributed by atoms with Gasteiger partial charge in [0.1, 0.15) is 17.2 Å². The molecule has 0 amide bonds. The summed E-state index contributed by atoms with van der Waals surface area (Å²) in [4.78, 5) is 8.83. The van der Waals surface area contributed by atoms with Crippen LogP contribution >= 0.6 is 11.3 Å². The molecule has 2 aromatic rings. The van der Waals surface area contributed by atoms with Crippen molar-refractivity contribution in [3.63, 3.8) is 0 Å². The van der Waals surface area contributed by atoms with Crippen LogP contribution in [0.25, 0.3) is 0 Å². The number of aryl methyl sites for hydroxylation is 1. The van der Waals surface area contributed by atoms with Gasteiger partial charge in [-0.15, -0.1) is 11.3 Å². The Morgan fingerprint density at radius 2 is 1.95 bits per heavy atom. The fraction of sp³-hybridized carbons (Fsp3) is 0.286. The van der Waals surface area contributed by atoms with Crippen LogP contribution in [-0.2, 0) is 6.42 Å². The molecule has 2 rings (SSSR count). The molecule has 0 atom stereocenters. The second-order valence-corrected chi connectivity index (χ2v) is 4.86. The smallest absolute Gasteiger partial charge is 0.160 e. The van der Waals surface area contributed by atoms with Gasteiger partial charge in [-0.1, -0.05) is 13.0 Å². The minimum absolute atomic E-state index is 0.359. The lowest BCUT2D eigenvalue weighted by Crippen LogP contribution is -2.12. The van der Waals surface area contributed by atoms with Gasteiger partial charge in [0, 0.05) is 5.38 Å². The average Bonchev–Trinajstić information content (AvgIpc) is 2.96. The van der Waals surface area contributed by atoms with Crippen molar-refractivity contribution in [3.8, 4) is 11.5 Å². The molecule has 0 bridgehead atoms. The van der Waals surface area contributed by atoms with E-state index in [4.69, 9.17) is 15.2 Å². The molecule has 0 radical (unpaired) electrons. The van der Waals surface area contributed by atoms with Gasteiger partial charge >= 0.3 is 0 Å². The van der Waals surface area contributed by atoms with Crippen LogP contribution in [0.3, 0.4) is 0 Å². The fourth-order valence-corrected chi connectivity index (χ4v) is 2.50. The number of aromatic nitrogens is 1. The predicted molar refractivity (Wildman–Crippen MR) is 81.4 cm³/mol. The fourth-order valence-electron chi connectivity index (χ4n) is 1.70. The molecule has 20 heavy (non-hydrogen) atoms. The molecule has 0 aliphatic heterocycles. The average molecular weight is 291 g/mol. The summed E-state index contributed by atoms with van der Waals surface area (Å²) in [7, 11) is 3.17. The third kappa shape index (κ3) is 2.91. The number of thiazole rings is 1. The van der Waals surface area contributed by atoms with Gasteiger partial charge in [-0.2, -0.15) is 0 Å². The number of aliphatic imine (C=N–C) groups is 1. The summed E-state index contributed by atoms with van der Waals surface area (Å²) in [5, 5.41) is 2.69. The number of methoxy groups -OCH3 is 2. The summed E-state index contributed by atoms with van der Waals surface area (Å²) in [5.74, 6) is 1.58. The normalized spacial score (nSPS) is 11.4. The molecule has 0 unspecified atom stereocenters. The molecule has 5 nitrogen and oxygen atoms in total. The topological polar surface area (TPSA) is 69.7 Å². The highest BCUT2D eigenvalue weighted by Gasteiger charge is 2.11. The van der Waals surface area contributed by atoms with Gasteiger partial charge in [0.05, 0.1) is 19.9 Å². The Kier molecular flexibility index (Phi) is 4.57. The van der Waals surface area contributed by atoms with Crippen molar-refractivity contribution >= 4 is 22.9 Å². The van der Waals surface area contributed by atoms with Gasteiger partial charge in [-0.25, -0.2) is 9.98 Å². The summed E-state index contributed by atoms with van der Waals surface area (Å²) >= 11 is 1.48. The van der Waals surface area contributed by atoms with E-state index in [1.165, 1.54) is 11.3 Å². The van der Waals surface area contributed by atoms with Crippen molar-refractivity contribution in [1.82, 2.24) is 4.98 Å². The van der Waals surface area contributed by atoms with Crippen LogP contribution in [0.4, 0.5) is 5.69 Å². The summed E-state index contributed by atoms with van der Waals surface area (Å²) in [6, 6.07) is 5.47. The van der Waals surface area contributed by atoms with Crippen LogP contribution in [0.2, 0.25) is 0 Å². The van der Waals surface area contributed by atoms with Crippen molar-refractivity contribution in [1.29, 1.82) is 0 Å².